The molecule has 0 radical (unpaired) electrons. The van der Waals surface area contributed by atoms with Gasteiger partial charge in [-0.15, -0.1) is 0 Å². The number of benzene rings is 6. The molecule has 0 saturated carbocycles. The molecule has 0 bridgehead atoms. The second-order valence-electron chi connectivity index (χ2n) is 13.6. The van der Waals surface area contributed by atoms with Crippen molar-refractivity contribution in [2.45, 2.75) is 38.9 Å². The quantitative estimate of drug-likeness (QED) is 0.156. The first-order valence-corrected chi connectivity index (χ1v) is 18.5. The van der Waals surface area contributed by atoms with E-state index in [2.05, 4.69) is 190 Å². The van der Waals surface area contributed by atoms with Gasteiger partial charge in [0, 0.05) is 16.5 Å². The zero-order valence-electron chi connectivity index (χ0n) is 27.4. The van der Waals surface area contributed by atoms with Gasteiger partial charge in [-0.1, -0.05) is 133 Å². The number of para-hydroxylation sites is 1. The van der Waals surface area contributed by atoms with Crippen molar-refractivity contribution in [3.63, 3.8) is 0 Å². The van der Waals surface area contributed by atoms with Crippen LogP contribution >= 0.6 is 0 Å². The van der Waals surface area contributed by atoms with Gasteiger partial charge in [0.25, 0.3) is 0 Å². The lowest BCUT2D eigenvalue weighted by Gasteiger charge is -2.34. The molecule has 1 aliphatic rings. The van der Waals surface area contributed by atoms with Gasteiger partial charge in [0.15, 0.2) is 8.07 Å². The number of aromatic nitrogens is 1. The van der Waals surface area contributed by atoms with Crippen molar-refractivity contribution < 1.29 is 9.31 Å². The average molecular weight is 628 g/mol. The van der Waals surface area contributed by atoms with E-state index in [1.54, 1.807) is 0 Å². The fourth-order valence-corrected chi connectivity index (χ4v) is 12.1. The van der Waals surface area contributed by atoms with Gasteiger partial charge in [0.1, 0.15) is 0 Å². The molecular formula is C42H38BNO2Si. The van der Waals surface area contributed by atoms with E-state index < -0.39 is 26.4 Å². The molecule has 1 fully saturated rings. The van der Waals surface area contributed by atoms with Crippen LogP contribution in [0.1, 0.15) is 27.7 Å². The summed E-state index contributed by atoms with van der Waals surface area (Å²) in [5, 5.41) is 7.84. The summed E-state index contributed by atoms with van der Waals surface area (Å²) in [6.45, 7) is 8.42. The minimum Gasteiger partial charge on any atom is -0.399 e. The third-order valence-electron chi connectivity index (χ3n) is 10.4. The minimum absolute atomic E-state index is 0.395. The summed E-state index contributed by atoms with van der Waals surface area (Å²) in [6.07, 6.45) is 0. The van der Waals surface area contributed by atoms with Gasteiger partial charge in [0.2, 0.25) is 0 Å². The molecule has 0 amide bonds. The summed E-state index contributed by atoms with van der Waals surface area (Å²) >= 11 is 0. The molecule has 1 aliphatic heterocycles. The van der Waals surface area contributed by atoms with Crippen LogP contribution in [0.2, 0.25) is 0 Å². The maximum atomic E-state index is 6.46. The molecule has 0 unspecified atom stereocenters. The van der Waals surface area contributed by atoms with Gasteiger partial charge in [-0.25, -0.2) is 0 Å². The third kappa shape index (κ3) is 4.72. The van der Waals surface area contributed by atoms with Gasteiger partial charge in [-0.2, -0.15) is 0 Å². The van der Waals surface area contributed by atoms with E-state index in [-0.39, 0.29) is 0 Å². The molecule has 8 rings (SSSR count). The van der Waals surface area contributed by atoms with Crippen molar-refractivity contribution in [3.8, 4) is 5.69 Å². The number of nitrogens with zero attached hydrogens (tertiary/aromatic N) is 1. The number of hydrogen-bond acceptors (Lipinski definition) is 2. The van der Waals surface area contributed by atoms with Gasteiger partial charge >= 0.3 is 7.12 Å². The normalized spacial score (nSPS) is 15.8. The van der Waals surface area contributed by atoms with Crippen LogP contribution in [0.4, 0.5) is 0 Å². The monoisotopic (exact) mass is 627 g/mol. The molecule has 7 aromatic rings. The van der Waals surface area contributed by atoms with Crippen LogP contribution in [-0.2, 0) is 9.31 Å². The lowest BCUT2D eigenvalue weighted by atomic mass is 9.78. The van der Waals surface area contributed by atoms with E-state index in [1.165, 1.54) is 37.0 Å². The Morgan fingerprint density at radius 1 is 0.468 bits per heavy atom. The molecule has 0 atom stereocenters. The van der Waals surface area contributed by atoms with Crippen LogP contribution in [-0.4, -0.2) is 31.0 Å². The molecule has 0 spiro atoms. The predicted molar refractivity (Wildman–Crippen MR) is 200 cm³/mol. The van der Waals surface area contributed by atoms with Crippen molar-refractivity contribution in [1.29, 1.82) is 0 Å². The second-order valence-corrected chi connectivity index (χ2v) is 17.4. The number of fused-ring (bicyclic) bond motifs is 3. The van der Waals surface area contributed by atoms with Crippen molar-refractivity contribution in [2.75, 3.05) is 0 Å². The Balaban J connectivity index is 1.36. The lowest BCUT2D eigenvalue weighted by molar-refractivity contribution is 0.00578. The van der Waals surface area contributed by atoms with E-state index in [4.69, 9.17) is 9.31 Å². The van der Waals surface area contributed by atoms with Crippen molar-refractivity contribution in [2.24, 2.45) is 0 Å². The molecule has 47 heavy (non-hydrogen) atoms. The molecular weight excluding hydrogens is 589 g/mol. The van der Waals surface area contributed by atoms with Crippen LogP contribution in [0.25, 0.3) is 27.5 Å². The summed E-state index contributed by atoms with van der Waals surface area (Å²) in [7, 11) is -3.09. The molecule has 2 heterocycles. The molecule has 230 valence electrons. The number of rotatable bonds is 6. The smallest absolute Gasteiger partial charge is 0.399 e. The fraction of sp³-hybridized carbons (Fsp3) is 0.143. The Kier molecular flexibility index (Phi) is 7.10. The lowest BCUT2D eigenvalue weighted by Crippen LogP contribution is -2.74. The average Bonchev–Trinajstić information content (AvgIpc) is 3.55. The minimum atomic E-state index is -2.68. The first-order chi connectivity index (χ1) is 22.8. The highest BCUT2D eigenvalue weighted by atomic mass is 28.3. The fourth-order valence-electron chi connectivity index (χ4n) is 7.34. The molecule has 6 aromatic carbocycles. The summed E-state index contributed by atoms with van der Waals surface area (Å²) in [5.41, 5.74) is 3.74. The Hall–Kier alpha value is -4.68. The van der Waals surface area contributed by atoms with Crippen molar-refractivity contribution in [1.82, 2.24) is 4.57 Å². The largest absolute Gasteiger partial charge is 0.494 e. The Morgan fingerprint density at radius 3 is 1.53 bits per heavy atom. The van der Waals surface area contributed by atoms with E-state index in [0.717, 1.165) is 16.7 Å². The highest BCUT2D eigenvalue weighted by Crippen LogP contribution is 2.37. The van der Waals surface area contributed by atoms with Crippen molar-refractivity contribution in [3.05, 3.63) is 158 Å². The predicted octanol–water partition coefficient (Wildman–Crippen LogP) is 6.46. The highest BCUT2D eigenvalue weighted by Gasteiger charge is 2.51. The molecule has 5 heteroatoms. The van der Waals surface area contributed by atoms with Crippen LogP contribution < -0.4 is 26.2 Å². The summed E-state index contributed by atoms with van der Waals surface area (Å²) in [4.78, 5) is 0. The van der Waals surface area contributed by atoms with E-state index in [9.17, 15) is 0 Å². The van der Waals surface area contributed by atoms with Gasteiger partial charge in [0.05, 0.1) is 22.2 Å². The van der Waals surface area contributed by atoms with E-state index >= 15 is 0 Å². The third-order valence-corrected chi connectivity index (χ3v) is 15.2. The van der Waals surface area contributed by atoms with E-state index in [1.807, 2.05) is 0 Å². The Labute approximate surface area is 278 Å². The standard InChI is InChI=1S/C42H38BNO2Si/c1-41(2)42(3,4)46-43(45-41)31-27-28-40-38(29-31)37-25-14-15-26-39(37)44(40)32-17-16-24-36(30-32)47(33-18-8-5-9-19-33,34-20-10-6-11-21-34)35-22-12-7-13-23-35/h5-30H,1-4H3. The first kappa shape index (κ1) is 29.7. The van der Waals surface area contributed by atoms with Gasteiger partial charge in [-0.05, 0) is 78.2 Å². The van der Waals surface area contributed by atoms with E-state index in [0.29, 0.717) is 0 Å². The topological polar surface area (TPSA) is 23.4 Å². The van der Waals surface area contributed by atoms with Crippen molar-refractivity contribution >= 4 is 63.2 Å². The molecule has 1 aromatic heterocycles. The first-order valence-electron chi connectivity index (χ1n) is 16.5. The number of hydrogen-bond donors (Lipinski definition) is 0. The van der Waals surface area contributed by atoms with Gasteiger partial charge < -0.3 is 13.9 Å². The molecule has 0 aliphatic carbocycles. The highest BCUT2D eigenvalue weighted by molar-refractivity contribution is 7.19. The van der Waals surface area contributed by atoms with Crippen LogP contribution in [0, 0.1) is 0 Å². The zero-order chi connectivity index (χ0) is 32.2. The Bertz CT molecular complexity index is 2100. The van der Waals surface area contributed by atoms with Crippen LogP contribution in [0.3, 0.4) is 0 Å². The summed E-state index contributed by atoms with van der Waals surface area (Å²) in [6, 6.07) is 58.0. The SMILES string of the molecule is CC1(C)OB(c2ccc3c(c2)c2ccccc2n3-c2cccc([Si](c3ccccc3)(c3ccccc3)c3ccccc3)c2)OC1(C)C. The molecule has 0 N–H and O–H groups in total. The zero-order valence-corrected chi connectivity index (χ0v) is 28.4. The molecule has 1 saturated heterocycles. The summed E-state index contributed by atoms with van der Waals surface area (Å²) in [5.74, 6) is 0. The Morgan fingerprint density at radius 2 is 0.957 bits per heavy atom. The van der Waals surface area contributed by atoms with Gasteiger partial charge in [-0.3, -0.25) is 0 Å². The summed E-state index contributed by atoms with van der Waals surface area (Å²) < 4.78 is 15.3. The van der Waals surface area contributed by atoms with Crippen LogP contribution in [0.5, 0.6) is 0 Å². The second kappa shape index (κ2) is 11.2. The molecule has 3 nitrogen and oxygen atoms in total. The maximum Gasteiger partial charge on any atom is 0.494 e. The van der Waals surface area contributed by atoms with Crippen LogP contribution in [0.15, 0.2) is 158 Å². The maximum absolute atomic E-state index is 6.46.